The second-order valence-corrected chi connectivity index (χ2v) is 8.27. The first kappa shape index (κ1) is 22.2. The number of hydrogen-bond donors (Lipinski definition) is 2. The maximum atomic E-state index is 15.2. The Hall–Kier alpha value is -3.61. The Balaban J connectivity index is 1.50. The molecule has 14 heteroatoms. The van der Waals surface area contributed by atoms with E-state index in [0.29, 0.717) is 12.1 Å². The minimum Gasteiger partial charge on any atom is -0.465 e. The van der Waals surface area contributed by atoms with E-state index >= 15 is 4.39 Å². The largest absolute Gasteiger partial charge is 0.465 e. The molecule has 1 unspecified atom stereocenters. The number of furan rings is 1. The zero-order valence-electron chi connectivity index (χ0n) is 17.7. The van der Waals surface area contributed by atoms with Gasteiger partial charge in [-0.1, -0.05) is 18.5 Å². The van der Waals surface area contributed by atoms with Gasteiger partial charge >= 0.3 is 12.1 Å². The van der Waals surface area contributed by atoms with Gasteiger partial charge in [0.25, 0.3) is 5.91 Å². The molecule has 1 saturated heterocycles. The highest BCUT2D eigenvalue weighted by atomic mass is 35.5. The third-order valence-corrected chi connectivity index (χ3v) is 6.30. The quantitative estimate of drug-likeness (QED) is 0.495. The number of piperazine rings is 1. The summed E-state index contributed by atoms with van der Waals surface area (Å²) in [5.74, 6) is -2.96. The van der Waals surface area contributed by atoms with Crippen LogP contribution in [-0.4, -0.2) is 69.7 Å². The zero-order chi connectivity index (χ0) is 24.3. The third kappa shape index (κ3) is 3.22. The van der Waals surface area contributed by atoms with E-state index in [4.69, 9.17) is 11.6 Å². The molecule has 4 heterocycles. The fraction of sp³-hybridized carbons (Fsp3) is 0.350. The number of nitrogens with zero attached hydrogens (tertiary/aromatic N) is 5. The topological polar surface area (TPSA) is 105 Å². The number of halogens is 4. The number of hydrogen-bond acceptors (Lipinski definition) is 7. The van der Waals surface area contributed by atoms with Gasteiger partial charge in [0.1, 0.15) is 23.4 Å². The van der Waals surface area contributed by atoms with Crippen molar-refractivity contribution in [3.63, 3.8) is 0 Å². The highest BCUT2D eigenvalue weighted by Gasteiger charge is 2.43. The molecular weight excluding hydrogens is 481 g/mol. The molecule has 3 aliphatic heterocycles. The van der Waals surface area contributed by atoms with E-state index < -0.39 is 40.5 Å². The molecule has 10 nitrogen and oxygen atoms in total. The zero-order valence-corrected chi connectivity index (χ0v) is 18.4. The van der Waals surface area contributed by atoms with E-state index in [0.717, 1.165) is 9.91 Å². The van der Waals surface area contributed by atoms with E-state index in [2.05, 4.69) is 14.7 Å². The smallest absolute Gasteiger partial charge is 0.408 e. The van der Waals surface area contributed by atoms with Crippen LogP contribution in [0.1, 0.15) is 13.3 Å². The molecule has 2 amide bonds. The van der Waals surface area contributed by atoms with Crippen LogP contribution in [0.4, 0.5) is 23.7 Å². The highest BCUT2D eigenvalue weighted by molar-refractivity contribution is 6.21. The Morgan fingerprint density at radius 1 is 1.29 bits per heavy atom. The summed E-state index contributed by atoms with van der Waals surface area (Å²) < 4.78 is 47.4. The monoisotopic (exact) mass is 498 g/mol. The number of fused-ring (bicyclic) bond motifs is 2. The van der Waals surface area contributed by atoms with Crippen LogP contribution in [0.15, 0.2) is 32.9 Å². The standard InChI is InChI=1S/C20H18ClF3N6O4/c1-2-9-16(27-5-6-28(20(32)33)12(21)7-27)18(31)30-19(26-9)25-8-29(30)10-3-4-11-13(14(10)22)15(23)17(24)34-11/h3-4,12H,2,5-8H2,1H3,(H,25,26)(H,32,33). The summed E-state index contributed by atoms with van der Waals surface area (Å²) in [6.45, 7) is 2.02. The predicted octanol–water partition coefficient (Wildman–Crippen LogP) is 2.81. The van der Waals surface area contributed by atoms with E-state index in [1.165, 1.54) is 17.1 Å². The predicted molar refractivity (Wildman–Crippen MR) is 114 cm³/mol. The lowest BCUT2D eigenvalue weighted by Gasteiger charge is -2.43. The summed E-state index contributed by atoms with van der Waals surface area (Å²) >= 11 is 6.24. The summed E-state index contributed by atoms with van der Waals surface area (Å²) in [7, 11) is 0. The maximum Gasteiger partial charge on any atom is 0.408 e. The van der Waals surface area contributed by atoms with Gasteiger partial charge in [-0.15, -0.1) is 0 Å². The Morgan fingerprint density at radius 3 is 2.74 bits per heavy atom. The van der Waals surface area contributed by atoms with Crippen LogP contribution in [0.5, 0.6) is 0 Å². The number of alkyl halides is 1. The van der Waals surface area contributed by atoms with Gasteiger partial charge in [0.2, 0.25) is 11.8 Å². The van der Waals surface area contributed by atoms with Crippen LogP contribution in [0.25, 0.3) is 11.0 Å². The molecule has 2 aromatic rings. The number of amides is 2. The van der Waals surface area contributed by atoms with Crippen molar-refractivity contribution in [1.82, 2.24) is 20.1 Å². The second kappa shape index (κ2) is 8.01. The summed E-state index contributed by atoms with van der Waals surface area (Å²) in [4.78, 5) is 32.0. The summed E-state index contributed by atoms with van der Waals surface area (Å²) in [5.41, 5.74) is -0.600. The van der Waals surface area contributed by atoms with Crippen LogP contribution in [-0.2, 0) is 4.79 Å². The van der Waals surface area contributed by atoms with Gasteiger partial charge in [0, 0.05) is 18.8 Å². The van der Waals surface area contributed by atoms with Crippen molar-refractivity contribution >= 4 is 46.2 Å². The van der Waals surface area contributed by atoms with E-state index in [1.54, 1.807) is 4.90 Å². The van der Waals surface area contributed by atoms with Gasteiger partial charge in [-0.3, -0.25) is 14.7 Å². The molecule has 1 aromatic heterocycles. The molecule has 3 aliphatic rings. The number of benzene rings is 1. The number of aliphatic imine (C=N–C) groups is 1. The molecular formula is C20H18ClF3N6O4. The Bertz CT molecular complexity index is 1280. The summed E-state index contributed by atoms with van der Waals surface area (Å²) in [6, 6.07) is 0.913. The van der Waals surface area contributed by atoms with Crippen molar-refractivity contribution in [2.24, 2.45) is 4.99 Å². The van der Waals surface area contributed by atoms with Gasteiger partial charge in [-0.2, -0.15) is 13.8 Å². The average molecular weight is 499 g/mol. The fourth-order valence-electron chi connectivity index (χ4n) is 4.30. The van der Waals surface area contributed by atoms with Gasteiger partial charge in [-0.25, -0.2) is 14.2 Å². The number of allylic oxidation sites excluding steroid dienone is 1. The molecule has 5 rings (SSSR count). The maximum absolute atomic E-state index is 15.2. The molecule has 0 spiro atoms. The van der Waals surface area contributed by atoms with E-state index in [9.17, 15) is 23.5 Å². The van der Waals surface area contributed by atoms with Crippen LogP contribution >= 0.6 is 11.6 Å². The molecule has 1 atom stereocenters. The van der Waals surface area contributed by atoms with Gasteiger partial charge in [-0.05, 0) is 18.6 Å². The molecule has 34 heavy (non-hydrogen) atoms. The number of carbonyl (C=O) groups excluding carboxylic acids is 1. The molecule has 1 fully saturated rings. The number of carbonyl (C=O) groups is 2. The first-order valence-corrected chi connectivity index (χ1v) is 10.8. The molecule has 0 radical (unpaired) electrons. The van der Waals surface area contributed by atoms with Gasteiger partial charge in [0.05, 0.1) is 17.6 Å². The number of hydrazine groups is 1. The molecule has 1 aromatic carbocycles. The SMILES string of the molecule is CCC1=C(N2CCN(C(=O)O)C(Cl)C2)C(=O)N2C(=NCN2c2ccc3oc(F)c(F)c3c2F)N1. The van der Waals surface area contributed by atoms with E-state index in [1.807, 2.05) is 6.92 Å². The minimum atomic E-state index is -1.53. The minimum absolute atomic E-state index is 0.0558. The number of anilines is 1. The lowest BCUT2D eigenvalue weighted by Crippen LogP contribution is -2.60. The summed E-state index contributed by atoms with van der Waals surface area (Å²) in [6.07, 6.45) is -0.730. The first-order chi connectivity index (χ1) is 16.2. The first-order valence-electron chi connectivity index (χ1n) is 10.3. The third-order valence-electron chi connectivity index (χ3n) is 5.93. The van der Waals surface area contributed by atoms with Crippen molar-refractivity contribution in [2.45, 2.75) is 18.8 Å². The highest BCUT2D eigenvalue weighted by Crippen LogP contribution is 2.35. The van der Waals surface area contributed by atoms with Gasteiger partial charge in [0.15, 0.2) is 5.82 Å². The number of rotatable bonds is 3. The van der Waals surface area contributed by atoms with Crippen LogP contribution in [0, 0.1) is 17.6 Å². The summed E-state index contributed by atoms with van der Waals surface area (Å²) in [5, 5.41) is 14.0. The normalized spacial score (nSPS) is 20.8. The van der Waals surface area contributed by atoms with Crippen molar-refractivity contribution < 1.29 is 32.3 Å². The molecule has 2 N–H and O–H groups in total. The molecule has 0 aliphatic carbocycles. The Kier molecular flexibility index (Phi) is 5.23. The van der Waals surface area contributed by atoms with Crippen molar-refractivity contribution in [3.05, 3.63) is 41.2 Å². The van der Waals surface area contributed by atoms with Crippen LogP contribution in [0.3, 0.4) is 0 Å². The van der Waals surface area contributed by atoms with Crippen molar-refractivity contribution in [2.75, 3.05) is 31.3 Å². The average Bonchev–Trinajstić information content (AvgIpc) is 3.34. The lowest BCUT2D eigenvalue weighted by atomic mass is 10.1. The fourth-order valence-corrected chi connectivity index (χ4v) is 4.65. The van der Waals surface area contributed by atoms with Crippen molar-refractivity contribution in [3.8, 4) is 0 Å². The van der Waals surface area contributed by atoms with Gasteiger partial charge < -0.3 is 19.7 Å². The molecule has 0 saturated carbocycles. The van der Waals surface area contributed by atoms with E-state index in [-0.39, 0.29) is 49.2 Å². The van der Waals surface area contributed by atoms with Crippen LogP contribution in [0.2, 0.25) is 0 Å². The van der Waals surface area contributed by atoms with Crippen LogP contribution < -0.4 is 10.3 Å². The molecule has 180 valence electrons. The Labute approximate surface area is 195 Å². The number of guanidine groups is 1. The molecule has 0 bridgehead atoms. The number of carboxylic acid groups (broad SMARTS) is 1. The second-order valence-electron chi connectivity index (χ2n) is 7.76. The lowest BCUT2D eigenvalue weighted by molar-refractivity contribution is -0.126. The van der Waals surface area contributed by atoms with Crippen molar-refractivity contribution in [1.29, 1.82) is 0 Å². The number of nitrogens with one attached hydrogen (secondary N) is 1. The Morgan fingerprint density at radius 2 is 2.06 bits per heavy atom.